The molecule has 1 aromatic carbocycles. The highest BCUT2D eigenvalue weighted by Crippen LogP contribution is 2.28. The van der Waals surface area contributed by atoms with Crippen molar-refractivity contribution < 1.29 is 8.78 Å². The normalized spacial score (nSPS) is 10.7. The van der Waals surface area contributed by atoms with Crippen LogP contribution in [0.1, 0.15) is 5.69 Å². The van der Waals surface area contributed by atoms with Gasteiger partial charge in [-0.2, -0.15) is 0 Å². The lowest BCUT2D eigenvalue weighted by Crippen LogP contribution is -2.05. The second-order valence-electron chi connectivity index (χ2n) is 3.27. The van der Waals surface area contributed by atoms with Crippen LogP contribution in [0.2, 0.25) is 0 Å². The van der Waals surface area contributed by atoms with Crippen molar-refractivity contribution in [1.82, 2.24) is 10.3 Å². The molecule has 0 spiro atoms. The SMILES string of the molecule is CNCc1csc(-c2c(F)cccc2F)n1. The Bertz CT molecular complexity index is 476. The molecule has 2 nitrogen and oxygen atoms in total. The minimum Gasteiger partial charge on any atom is -0.314 e. The van der Waals surface area contributed by atoms with E-state index >= 15 is 0 Å². The van der Waals surface area contributed by atoms with Crippen molar-refractivity contribution in [2.24, 2.45) is 0 Å². The Kier molecular flexibility index (Phi) is 3.26. The van der Waals surface area contributed by atoms with E-state index in [4.69, 9.17) is 0 Å². The Balaban J connectivity index is 2.42. The molecular weight excluding hydrogens is 230 g/mol. The summed E-state index contributed by atoms with van der Waals surface area (Å²) in [5.74, 6) is -1.16. The number of benzene rings is 1. The monoisotopic (exact) mass is 240 g/mol. The minimum absolute atomic E-state index is 0.0464. The summed E-state index contributed by atoms with van der Waals surface area (Å²) in [4.78, 5) is 4.17. The van der Waals surface area contributed by atoms with Crippen molar-refractivity contribution in [2.75, 3.05) is 7.05 Å². The lowest BCUT2D eigenvalue weighted by molar-refractivity contribution is 0.589. The van der Waals surface area contributed by atoms with Crippen LogP contribution in [0.15, 0.2) is 23.6 Å². The van der Waals surface area contributed by atoms with E-state index in [1.807, 2.05) is 0 Å². The molecule has 0 saturated carbocycles. The van der Waals surface area contributed by atoms with Crippen LogP contribution in [0.5, 0.6) is 0 Å². The zero-order valence-corrected chi connectivity index (χ0v) is 9.44. The van der Waals surface area contributed by atoms with Gasteiger partial charge in [-0.1, -0.05) is 6.07 Å². The summed E-state index contributed by atoms with van der Waals surface area (Å²) in [6, 6.07) is 3.81. The lowest BCUT2D eigenvalue weighted by atomic mass is 10.2. The van der Waals surface area contributed by atoms with Gasteiger partial charge in [0.1, 0.15) is 16.6 Å². The Labute approximate surface area is 96.0 Å². The number of nitrogens with one attached hydrogen (secondary N) is 1. The van der Waals surface area contributed by atoms with Crippen LogP contribution in [-0.4, -0.2) is 12.0 Å². The quantitative estimate of drug-likeness (QED) is 0.892. The van der Waals surface area contributed by atoms with E-state index < -0.39 is 11.6 Å². The van der Waals surface area contributed by atoms with Crippen LogP contribution in [-0.2, 0) is 6.54 Å². The van der Waals surface area contributed by atoms with Gasteiger partial charge in [0.2, 0.25) is 0 Å². The standard InChI is InChI=1S/C11H10F2N2S/c1-14-5-7-6-16-11(15-7)10-8(12)3-2-4-9(10)13/h2-4,6,14H,5H2,1H3. The number of nitrogens with zero attached hydrogens (tertiary/aromatic N) is 1. The van der Waals surface area contributed by atoms with Crippen LogP contribution < -0.4 is 5.32 Å². The summed E-state index contributed by atoms with van der Waals surface area (Å²) in [6.07, 6.45) is 0. The van der Waals surface area contributed by atoms with Crippen molar-refractivity contribution in [3.63, 3.8) is 0 Å². The topological polar surface area (TPSA) is 24.9 Å². The highest BCUT2D eigenvalue weighted by molar-refractivity contribution is 7.13. The molecule has 0 unspecified atom stereocenters. The summed E-state index contributed by atoms with van der Waals surface area (Å²) in [5.41, 5.74) is 0.736. The van der Waals surface area contributed by atoms with Gasteiger partial charge in [-0.25, -0.2) is 13.8 Å². The Hall–Kier alpha value is -1.33. The van der Waals surface area contributed by atoms with Crippen molar-refractivity contribution in [2.45, 2.75) is 6.54 Å². The number of thiazole rings is 1. The average Bonchev–Trinajstić information content (AvgIpc) is 2.67. The third-order valence-electron chi connectivity index (χ3n) is 2.09. The predicted octanol–water partition coefficient (Wildman–Crippen LogP) is 2.81. The van der Waals surface area contributed by atoms with Crippen LogP contribution >= 0.6 is 11.3 Å². The molecule has 2 aromatic rings. The van der Waals surface area contributed by atoms with Crippen molar-refractivity contribution in [3.05, 3.63) is 40.9 Å². The molecule has 1 N–H and O–H groups in total. The first kappa shape index (κ1) is 11.2. The molecule has 0 saturated heterocycles. The van der Waals surface area contributed by atoms with Crippen molar-refractivity contribution in [3.8, 4) is 10.6 Å². The molecule has 5 heteroatoms. The molecule has 0 fully saturated rings. The summed E-state index contributed by atoms with van der Waals surface area (Å²) in [7, 11) is 1.79. The Morgan fingerprint density at radius 1 is 1.31 bits per heavy atom. The third kappa shape index (κ3) is 2.10. The highest BCUT2D eigenvalue weighted by Gasteiger charge is 2.14. The molecule has 0 amide bonds. The van der Waals surface area contributed by atoms with Gasteiger partial charge in [-0.3, -0.25) is 0 Å². The average molecular weight is 240 g/mol. The maximum absolute atomic E-state index is 13.4. The van der Waals surface area contributed by atoms with E-state index in [0.717, 1.165) is 5.69 Å². The molecule has 0 aliphatic heterocycles. The zero-order chi connectivity index (χ0) is 11.5. The third-order valence-corrected chi connectivity index (χ3v) is 2.99. The van der Waals surface area contributed by atoms with Gasteiger partial charge in [0.05, 0.1) is 11.3 Å². The maximum atomic E-state index is 13.4. The Morgan fingerprint density at radius 3 is 2.62 bits per heavy atom. The summed E-state index contributed by atoms with van der Waals surface area (Å²) in [5, 5.41) is 5.10. The summed E-state index contributed by atoms with van der Waals surface area (Å²) < 4.78 is 26.9. The van der Waals surface area contributed by atoms with Gasteiger partial charge in [-0.15, -0.1) is 11.3 Å². The molecule has 0 aliphatic rings. The van der Waals surface area contributed by atoms with Gasteiger partial charge < -0.3 is 5.32 Å². The number of aromatic nitrogens is 1. The lowest BCUT2D eigenvalue weighted by Gasteiger charge is -2.00. The first-order valence-electron chi connectivity index (χ1n) is 4.75. The van der Waals surface area contributed by atoms with Crippen LogP contribution in [0.25, 0.3) is 10.6 Å². The van der Waals surface area contributed by atoms with Gasteiger partial charge in [-0.05, 0) is 19.2 Å². The number of halogens is 2. The van der Waals surface area contributed by atoms with E-state index in [0.29, 0.717) is 11.6 Å². The van der Waals surface area contributed by atoms with Gasteiger partial charge in [0.15, 0.2) is 0 Å². The predicted molar refractivity (Wildman–Crippen MR) is 60.2 cm³/mol. The fraction of sp³-hybridized carbons (Fsp3) is 0.182. The van der Waals surface area contributed by atoms with E-state index in [1.54, 1.807) is 12.4 Å². The maximum Gasteiger partial charge on any atom is 0.136 e. The van der Waals surface area contributed by atoms with Crippen molar-refractivity contribution in [1.29, 1.82) is 0 Å². The van der Waals surface area contributed by atoms with E-state index in [1.165, 1.54) is 29.5 Å². The van der Waals surface area contributed by atoms with E-state index in [2.05, 4.69) is 10.3 Å². The Morgan fingerprint density at radius 2 is 2.00 bits per heavy atom. The largest absolute Gasteiger partial charge is 0.314 e. The second kappa shape index (κ2) is 4.67. The van der Waals surface area contributed by atoms with Crippen LogP contribution in [0.4, 0.5) is 8.78 Å². The second-order valence-corrected chi connectivity index (χ2v) is 4.13. The molecule has 16 heavy (non-hydrogen) atoms. The summed E-state index contributed by atoms with van der Waals surface area (Å²) >= 11 is 1.24. The number of rotatable bonds is 3. The van der Waals surface area contributed by atoms with Gasteiger partial charge in [0.25, 0.3) is 0 Å². The first-order valence-corrected chi connectivity index (χ1v) is 5.63. The highest BCUT2D eigenvalue weighted by atomic mass is 32.1. The minimum atomic E-state index is -0.578. The molecule has 0 aliphatic carbocycles. The first-order chi connectivity index (χ1) is 7.72. The molecule has 2 rings (SSSR count). The number of hydrogen-bond donors (Lipinski definition) is 1. The molecule has 0 radical (unpaired) electrons. The van der Waals surface area contributed by atoms with Gasteiger partial charge in [0, 0.05) is 11.9 Å². The molecule has 84 valence electrons. The summed E-state index contributed by atoms with van der Waals surface area (Å²) in [6.45, 7) is 0.590. The van der Waals surface area contributed by atoms with Gasteiger partial charge >= 0.3 is 0 Å². The molecule has 0 atom stereocenters. The van der Waals surface area contributed by atoms with E-state index in [9.17, 15) is 8.78 Å². The van der Waals surface area contributed by atoms with Crippen LogP contribution in [0, 0.1) is 11.6 Å². The molecule has 0 bridgehead atoms. The van der Waals surface area contributed by atoms with Crippen LogP contribution in [0.3, 0.4) is 0 Å². The van der Waals surface area contributed by atoms with Crippen molar-refractivity contribution >= 4 is 11.3 Å². The zero-order valence-electron chi connectivity index (χ0n) is 8.63. The van der Waals surface area contributed by atoms with E-state index in [-0.39, 0.29) is 5.56 Å². The smallest absolute Gasteiger partial charge is 0.136 e. The molecule has 1 aromatic heterocycles. The molecule has 1 heterocycles. The fourth-order valence-electron chi connectivity index (χ4n) is 1.39. The molecular formula is C11H10F2N2S. The fourth-order valence-corrected chi connectivity index (χ4v) is 2.25. The number of hydrogen-bond acceptors (Lipinski definition) is 3.